The maximum Gasteiger partial charge on any atom is 1.00 e. The molecule has 3 nitrogen and oxygen atoms in total. The third-order valence-electron chi connectivity index (χ3n) is 7.85. The van der Waals surface area contributed by atoms with Crippen LogP contribution in [0.1, 0.15) is 209 Å². The maximum atomic E-state index is 11.9. The van der Waals surface area contributed by atoms with Crippen molar-refractivity contribution in [3.8, 4) is 0 Å². The number of esters is 2. The van der Waals surface area contributed by atoms with Crippen molar-refractivity contribution in [2.24, 2.45) is 0 Å². The van der Waals surface area contributed by atoms with Gasteiger partial charge in [-0.2, -0.15) is 0 Å². The van der Waals surface area contributed by atoms with Crippen LogP contribution in [0.2, 0.25) is 0 Å². The van der Waals surface area contributed by atoms with Gasteiger partial charge < -0.3 is 7.59 Å². The zero-order valence-electron chi connectivity index (χ0n) is 30.6. The summed E-state index contributed by atoms with van der Waals surface area (Å²) in [7, 11) is 0. The van der Waals surface area contributed by atoms with E-state index in [2.05, 4.69) is 26.0 Å². The van der Waals surface area contributed by atoms with Crippen molar-refractivity contribution in [2.45, 2.75) is 206 Å². The van der Waals surface area contributed by atoms with Crippen molar-refractivity contribution in [1.82, 2.24) is 0 Å². The average Bonchev–Trinajstić information content (AvgIpc) is 2.93. The minimum Gasteiger partial charge on any atom is -1.00 e. The molecule has 0 radical (unpaired) electrons. The Hall–Kier alpha value is 0.880. The third kappa shape index (κ3) is 40.9. The number of carbonyl (C=O) groups excluding carboxylic acids is 2. The Morgan fingerprint density at radius 3 is 0.951 bits per heavy atom. The van der Waals surface area contributed by atoms with Crippen molar-refractivity contribution in [3.05, 3.63) is 12.2 Å². The van der Waals surface area contributed by atoms with Gasteiger partial charge in [0, 0.05) is 12.8 Å². The Kier molecular flexibility index (Phi) is 46.2. The summed E-state index contributed by atoms with van der Waals surface area (Å²) in [5, 5.41) is 0. The molecule has 0 fully saturated rings. The van der Waals surface area contributed by atoms with Crippen molar-refractivity contribution in [3.63, 3.8) is 0 Å². The number of hydrogen-bond donors (Lipinski definition) is 0. The fourth-order valence-electron chi connectivity index (χ4n) is 5.21. The van der Waals surface area contributed by atoms with Gasteiger partial charge >= 0.3 is 71.1 Å². The van der Waals surface area contributed by atoms with Gasteiger partial charge in [0.05, 0.1) is 0 Å². The Morgan fingerprint density at radius 2 is 0.659 bits per heavy atom. The molecule has 0 spiro atoms. The monoisotopic (exact) mass is 597 g/mol. The first-order valence-corrected chi connectivity index (χ1v) is 17.6. The van der Waals surface area contributed by atoms with E-state index in [-0.39, 0.29) is 73.9 Å². The number of hydrogen-bond acceptors (Lipinski definition) is 3. The predicted molar refractivity (Wildman–Crippen MR) is 172 cm³/mol. The minimum atomic E-state index is -0.335. The fourth-order valence-corrected chi connectivity index (χ4v) is 5.21. The molecule has 234 valence electrons. The summed E-state index contributed by atoms with van der Waals surface area (Å²) in [5.41, 5.74) is 0. The molecule has 0 aliphatic heterocycles. The quantitative estimate of drug-likeness (QED) is 0.0298. The molecule has 0 aromatic heterocycles. The number of allylic oxidation sites excluding steroid dienone is 2. The first kappa shape index (κ1) is 46.3. The van der Waals surface area contributed by atoms with Crippen molar-refractivity contribution in [2.75, 3.05) is 0 Å². The van der Waals surface area contributed by atoms with Crippen LogP contribution >= 0.6 is 0 Å². The first-order chi connectivity index (χ1) is 19.2. The molecule has 0 saturated carbocycles. The van der Waals surface area contributed by atoms with Gasteiger partial charge in [-0.15, -0.1) is 0 Å². The van der Waals surface area contributed by atoms with Crippen LogP contribution in [0.4, 0.5) is 0 Å². The standard InChI is InChI=1S/C36H68O3.2Na.2H/c1-3-5-7-9-11-13-15-17-19-21-23-25-27-29-31-33-35(37)39-36(38)34-32-30-28-26-24-22-20-18-16-14-12-10-8-6-4-2;;;;/h17,19H,3-16,18,20-34H2,1-2H3;;;;/q;2*+1;2*-1/b19-17-;;;;. The molecule has 0 bridgehead atoms. The number of rotatable bonds is 31. The van der Waals surface area contributed by atoms with Gasteiger partial charge in [-0.25, -0.2) is 0 Å². The van der Waals surface area contributed by atoms with Crippen LogP contribution < -0.4 is 59.1 Å². The summed E-state index contributed by atoms with van der Waals surface area (Å²) < 4.78 is 5.00. The summed E-state index contributed by atoms with van der Waals surface area (Å²) in [6, 6.07) is 0. The van der Waals surface area contributed by atoms with Crippen LogP contribution in [-0.2, 0) is 14.3 Å². The normalized spacial score (nSPS) is 10.9. The van der Waals surface area contributed by atoms with Gasteiger partial charge in [0.25, 0.3) is 0 Å². The second-order valence-electron chi connectivity index (χ2n) is 11.9. The summed E-state index contributed by atoms with van der Waals surface area (Å²) in [6.45, 7) is 4.54. The molecule has 5 heteroatoms. The molecule has 0 atom stereocenters. The fraction of sp³-hybridized carbons (Fsp3) is 0.889. The van der Waals surface area contributed by atoms with E-state index < -0.39 is 0 Å². The SMILES string of the molecule is CCCCCCCC/C=C\CCCCCCCC(=O)OC(=O)CCCCCCCCCCCCCCCCC.[H-].[H-].[Na+].[Na+]. The molecule has 0 unspecified atom stereocenters. The molecular formula is C36H70Na2O3. The van der Waals surface area contributed by atoms with E-state index in [1.54, 1.807) is 0 Å². The molecular weight excluding hydrogens is 526 g/mol. The third-order valence-corrected chi connectivity index (χ3v) is 7.85. The van der Waals surface area contributed by atoms with Gasteiger partial charge in [-0.3, -0.25) is 9.59 Å². The van der Waals surface area contributed by atoms with Crippen LogP contribution in [0.3, 0.4) is 0 Å². The summed E-state index contributed by atoms with van der Waals surface area (Å²) in [6.07, 6.45) is 41.2. The van der Waals surface area contributed by atoms with Crippen LogP contribution in [0.25, 0.3) is 0 Å². The largest absolute Gasteiger partial charge is 1.00 e. The molecule has 0 aromatic carbocycles. The molecule has 0 saturated heterocycles. The molecule has 41 heavy (non-hydrogen) atoms. The molecule has 0 aliphatic rings. The van der Waals surface area contributed by atoms with E-state index in [0.717, 1.165) is 32.1 Å². The van der Waals surface area contributed by atoms with E-state index in [1.165, 1.54) is 148 Å². The molecule has 0 heterocycles. The van der Waals surface area contributed by atoms with Crippen LogP contribution in [0.15, 0.2) is 12.2 Å². The molecule has 0 aromatic rings. The molecule has 0 N–H and O–H groups in total. The summed E-state index contributed by atoms with van der Waals surface area (Å²) >= 11 is 0. The summed E-state index contributed by atoms with van der Waals surface area (Å²) in [4.78, 5) is 23.8. The number of unbranched alkanes of at least 4 members (excludes halogenated alkanes) is 25. The predicted octanol–water partition coefficient (Wildman–Crippen LogP) is 6.59. The molecule has 0 aliphatic carbocycles. The van der Waals surface area contributed by atoms with Gasteiger partial charge in [0.2, 0.25) is 0 Å². The van der Waals surface area contributed by atoms with E-state index in [1.807, 2.05) is 0 Å². The number of carbonyl (C=O) groups is 2. The van der Waals surface area contributed by atoms with E-state index >= 15 is 0 Å². The minimum absolute atomic E-state index is 0. The van der Waals surface area contributed by atoms with E-state index in [4.69, 9.17) is 4.74 Å². The topological polar surface area (TPSA) is 43.4 Å². The Morgan fingerprint density at radius 1 is 0.415 bits per heavy atom. The second-order valence-corrected chi connectivity index (χ2v) is 11.9. The van der Waals surface area contributed by atoms with Crippen molar-refractivity contribution >= 4 is 11.9 Å². The second kappa shape index (κ2) is 40.9. The van der Waals surface area contributed by atoms with Crippen LogP contribution in [-0.4, -0.2) is 11.9 Å². The Balaban J connectivity index is -0.00000120. The molecule has 0 amide bonds. The van der Waals surface area contributed by atoms with Gasteiger partial charge in [0.15, 0.2) is 0 Å². The van der Waals surface area contributed by atoms with Gasteiger partial charge in [0.1, 0.15) is 0 Å². The van der Waals surface area contributed by atoms with E-state index in [9.17, 15) is 9.59 Å². The van der Waals surface area contributed by atoms with Gasteiger partial charge in [-0.05, 0) is 38.5 Å². The van der Waals surface area contributed by atoms with E-state index in [0.29, 0.717) is 12.8 Å². The van der Waals surface area contributed by atoms with Crippen molar-refractivity contribution in [1.29, 1.82) is 0 Å². The zero-order chi connectivity index (χ0) is 28.5. The summed E-state index contributed by atoms with van der Waals surface area (Å²) in [5.74, 6) is -0.666. The van der Waals surface area contributed by atoms with Crippen molar-refractivity contribution < 1.29 is 76.3 Å². The zero-order valence-corrected chi connectivity index (χ0v) is 32.6. The Labute approximate surface area is 304 Å². The van der Waals surface area contributed by atoms with Gasteiger partial charge in [-0.1, -0.05) is 167 Å². The maximum absolute atomic E-state index is 11.9. The van der Waals surface area contributed by atoms with Crippen LogP contribution in [0.5, 0.6) is 0 Å². The first-order valence-electron chi connectivity index (χ1n) is 17.6. The average molecular weight is 597 g/mol. The number of ether oxygens (including phenoxy) is 1. The Bertz CT molecular complexity index is 563. The molecule has 0 rings (SSSR count). The van der Waals surface area contributed by atoms with Crippen LogP contribution in [0, 0.1) is 0 Å². The smallest absolute Gasteiger partial charge is 1.00 e.